The van der Waals surface area contributed by atoms with Gasteiger partial charge in [0.25, 0.3) is 5.91 Å². The molecule has 0 atom stereocenters. The van der Waals surface area contributed by atoms with Crippen LogP contribution in [0.5, 0.6) is 0 Å². The van der Waals surface area contributed by atoms with E-state index in [1.807, 2.05) is 18.2 Å². The van der Waals surface area contributed by atoms with Crippen molar-refractivity contribution < 1.29 is 9.59 Å². The van der Waals surface area contributed by atoms with Crippen molar-refractivity contribution in [2.75, 3.05) is 5.32 Å². The van der Waals surface area contributed by atoms with Gasteiger partial charge < -0.3 is 5.32 Å². The van der Waals surface area contributed by atoms with Crippen LogP contribution in [0.3, 0.4) is 0 Å². The Hall–Kier alpha value is -2.38. The minimum Gasteiger partial charge on any atom is -0.321 e. The van der Waals surface area contributed by atoms with Crippen LogP contribution >= 0.6 is 27.3 Å². The van der Waals surface area contributed by atoms with Gasteiger partial charge in [0.2, 0.25) is 5.78 Å². The molecule has 1 N–H and O–H groups in total. The van der Waals surface area contributed by atoms with Gasteiger partial charge in [0.1, 0.15) is 4.88 Å². The fourth-order valence-corrected chi connectivity index (χ4v) is 3.15. The van der Waals surface area contributed by atoms with Crippen molar-refractivity contribution in [2.45, 2.75) is 6.92 Å². The van der Waals surface area contributed by atoms with E-state index in [-0.39, 0.29) is 16.7 Å². The second-order valence-electron chi connectivity index (χ2n) is 4.97. The number of benzene rings is 1. The molecule has 0 aliphatic carbocycles. The van der Waals surface area contributed by atoms with E-state index in [2.05, 4.69) is 31.2 Å². The summed E-state index contributed by atoms with van der Waals surface area (Å²) in [5.74, 6) is -0.535. The van der Waals surface area contributed by atoms with E-state index < -0.39 is 0 Å². The molecule has 5 nitrogen and oxygen atoms in total. The number of pyridine rings is 1. The average molecular weight is 402 g/mol. The number of ketones is 1. The summed E-state index contributed by atoms with van der Waals surface area (Å²) in [5.41, 5.74) is 1.78. The van der Waals surface area contributed by atoms with Crippen LogP contribution in [0.4, 0.5) is 5.69 Å². The SMILES string of the molecule is Cc1ncc(Br)cc1C(=O)c1ncc(C(=O)Nc2ccccc2)s1. The quantitative estimate of drug-likeness (QED) is 0.668. The average Bonchev–Trinajstić information content (AvgIpc) is 3.07. The number of carbonyl (C=O) groups excluding carboxylic acids is 2. The Morgan fingerprint density at radius 3 is 2.62 bits per heavy atom. The molecule has 0 bridgehead atoms. The summed E-state index contributed by atoms with van der Waals surface area (Å²) in [6.07, 6.45) is 3.05. The van der Waals surface area contributed by atoms with Gasteiger partial charge in [-0.3, -0.25) is 14.6 Å². The van der Waals surface area contributed by atoms with Gasteiger partial charge in [0.15, 0.2) is 5.01 Å². The monoisotopic (exact) mass is 401 g/mol. The first-order valence-electron chi connectivity index (χ1n) is 7.03. The topological polar surface area (TPSA) is 72.0 Å². The molecule has 120 valence electrons. The van der Waals surface area contributed by atoms with E-state index in [4.69, 9.17) is 0 Å². The number of nitrogens with one attached hydrogen (secondary N) is 1. The van der Waals surface area contributed by atoms with Gasteiger partial charge >= 0.3 is 0 Å². The molecule has 0 spiro atoms. The number of rotatable bonds is 4. The van der Waals surface area contributed by atoms with Gasteiger partial charge in [-0.25, -0.2) is 4.98 Å². The summed E-state index contributed by atoms with van der Waals surface area (Å²) in [4.78, 5) is 33.4. The Morgan fingerprint density at radius 1 is 1.12 bits per heavy atom. The van der Waals surface area contributed by atoms with Crippen LogP contribution in [0, 0.1) is 6.92 Å². The summed E-state index contributed by atoms with van der Waals surface area (Å²) in [7, 11) is 0. The lowest BCUT2D eigenvalue weighted by Crippen LogP contribution is -2.09. The summed E-state index contributed by atoms with van der Waals surface area (Å²) in [5, 5.41) is 3.03. The third kappa shape index (κ3) is 3.58. The number of thiazole rings is 1. The molecule has 1 amide bonds. The zero-order valence-corrected chi connectivity index (χ0v) is 15.0. The summed E-state index contributed by atoms with van der Waals surface area (Å²) in [6, 6.07) is 10.8. The van der Waals surface area contributed by atoms with Crippen molar-refractivity contribution in [3.05, 3.63) is 74.4 Å². The molecule has 7 heteroatoms. The van der Waals surface area contributed by atoms with Crippen molar-refractivity contribution in [1.29, 1.82) is 0 Å². The number of hydrogen-bond acceptors (Lipinski definition) is 5. The molecule has 24 heavy (non-hydrogen) atoms. The van der Waals surface area contributed by atoms with Gasteiger partial charge in [-0.2, -0.15) is 0 Å². The Morgan fingerprint density at radius 2 is 1.88 bits per heavy atom. The highest BCUT2D eigenvalue weighted by atomic mass is 79.9. The molecule has 2 heterocycles. The smallest absolute Gasteiger partial charge is 0.267 e. The Kier molecular flexibility index (Phi) is 4.82. The van der Waals surface area contributed by atoms with Crippen molar-refractivity contribution in [1.82, 2.24) is 9.97 Å². The van der Waals surface area contributed by atoms with Crippen LogP contribution in [-0.4, -0.2) is 21.7 Å². The number of nitrogens with zero attached hydrogens (tertiary/aromatic N) is 2. The first-order valence-corrected chi connectivity index (χ1v) is 8.64. The Labute approximate surface area is 150 Å². The van der Waals surface area contributed by atoms with E-state index in [0.717, 1.165) is 15.8 Å². The number of hydrogen-bond donors (Lipinski definition) is 1. The van der Waals surface area contributed by atoms with Gasteiger partial charge in [0, 0.05) is 27.6 Å². The highest BCUT2D eigenvalue weighted by Crippen LogP contribution is 2.21. The molecule has 3 aromatic rings. The summed E-state index contributed by atoms with van der Waals surface area (Å²) in [6.45, 7) is 1.76. The predicted molar refractivity (Wildman–Crippen MR) is 96.6 cm³/mol. The van der Waals surface area contributed by atoms with Gasteiger partial charge in [-0.15, -0.1) is 11.3 Å². The molecule has 0 aliphatic rings. The van der Waals surface area contributed by atoms with Crippen molar-refractivity contribution in [3.63, 3.8) is 0 Å². The number of halogens is 1. The maximum absolute atomic E-state index is 12.6. The lowest BCUT2D eigenvalue weighted by atomic mass is 10.1. The normalized spacial score (nSPS) is 10.4. The minimum atomic E-state index is -0.290. The third-order valence-electron chi connectivity index (χ3n) is 3.25. The van der Waals surface area contributed by atoms with Gasteiger partial charge in [0.05, 0.1) is 6.20 Å². The molecule has 0 saturated carbocycles. The minimum absolute atomic E-state index is 0.245. The molecule has 0 aliphatic heterocycles. The van der Waals surface area contributed by atoms with Crippen molar-refractivity contribution in [3.8, 4) is 0 Å². The van der Waals surface area contributed by atoms with Crippen LogP contribution in [0.25, 0.3) is 0 Å². The fourth-order valence-electron chi connectivity index (χ4n) is 2.05. The standard InChI is InChI=1S/C17H12BrN3O2S/c1-10-13(7-11(18)8-19-10)15(22)17-20-9-14(24-17)16(23)21-12-5-3-2-4-6-12/h2-9H,1H3,(H,21,23). The number of anilines is 1. The fraction of sp³-hybridized carbons (Fsp3) is 0.0588. The first kappa shape index (κ1) is 16.5. The maximum atomic E-state index is 12.6. The second-order valence-corrected chi connectivity index (χ2v) is 6.91. The Bertz CT molecular complexity index is 909. The predicted octanol–water partition coefficient (Wildman–Crippen LogP) is 4.09. The number of aryl methyl sites for hydroxylation is 1. The van der Waals surface area contributed by atoms with Crippen LogP contribution in [0.2, 0.25) is 0 Å². The van der Waals surface area contributed by atoms with Crippen LogP contribution in [0.1, 0.15) is 30.7 Å². The molecule has 2 aromatic heterocycles. The second kappa shape index (κ2) is 7.02. The third-order valence-corrected chi connectivity index (χ3v) is 4.68. The van der Waals surface area contributed by atoms with E-state index in [1.165, 1.54) is 6.20 Å². The van der Waals surface area contributed by atoms with E-state index >= 15 is 0 Å². The molecule has 3 rings (SSSR count). The highest BCUT2D eigenvalue weighted by Gasteiger charge is 2.19. The first-order chi connectivity index (χ1) is 11.5. The molecular formula is C17H12BrN3O2S. The summed E-state index contributed by atoms with van der Waals surface area (Å²) >= 11 is 4.37. The Balaban J connectivity index is 1.81. The van der Waals surface area contributed by atoms with Crippen molar-refractivity contribution >= 4 is 44.6 Å². The lowest BCUT2D eigenvalue weighted by molar-refractivity contribution is 0.102. The van der Waals surface area contributed by atoms with Crippen LogP contribution in [-0.2, 0) is 0 Å². The molecule has 1 aromatic carbocycles. The molecule has 0 radical (unpaired) electrons. The zero-order chi connectivity index (χ0) is 17.1. The molecule has 0 saturated heterocycles. The zero-order valence-electron chi connectivity index (χ0n) is 12.6. The number of para-hydroxylation sites is 1. The number of carbonyl (C=O) groups is 2. The van der Waals surface area contributed by atoms with Gasteiger partial charge in [-0.1, -0.05) is 18.2 Å². The van der Waals surface area contributed by atoms with Crippen LogP contribution < -0.4 is 5.32 Å². The highest BCUT2D eigenvalue weighted by molar-refractivity contribution is 9.10. The number of aromatic nitrogens is 2. The van der Waals surface area contributed by atoms with Crippen molar-refractivity contribution in [2.24, 2.45) is 0 Å². The van der Waals surface area contributed by atoms with E-state index in [9.17, 15) is 9.59 Å². The summed E-state index contributed by atoms with van der Waals surface area (Å²) < 4.78 is 0.718. The van der Waals surface area contributed by atoms with E-state index in [1.54, 1.807) is 31.3 Å². The number of amides is 1. The lowest BCUT2D eigenvalue weighted by Gasteiger charge is -2.03. The maximum Gasteiger partial charge on any atom is 0.267 e. The van der Waals surface area contributed by atoms with Crippen LogP contribution in [0.15, 0.2) is 53.3 Å². The molecular weight excluding hydrogens is 390 g/mol. The van der Waals surface area contributed by atoms with Gasteiger partial charge in [-0.05, 0) is 41.1 Å². The largest absolute Gasteiger partial charge is 0.321 e. The molecule has 0 fully saturated rings. The molecule has 0 unspecified atom stereocenters. The van der Waals surface area contributed by atoms with E-state index in [0.29, 0.717) is 21.8 Å².